The van der Waals surface area contributed by atoms with Gasteiger partial charge in [-0.25, -0.2) is 18.1 Å². The number of pyridine rings is 1. The number of hydrogen-bond acceptors (Lipinski definition) is 4. The quantitative estimate of drug-likeness (QED) is 0.878. The fraction of sp³-hybridized carbons (Fsp3) is 0.583. The molecule has 1 heterocycles. The third kappa shape index (κ3) is 3.46. The number of nitrogens with zero attached hydrogens (tertiary/aromatic N) is 1. The summed E-state index contributed by atoms with van der Waals surface area (Å²) in [6, 6.07) is 1.45. The molecule has 1 fully saturated rings. The largest absolute Gasteiger partial charge is 0.383 e. The van der Waals surface area contributed by atoms with Gasteiger partial charge in [0.05, 0.1) is 0 Å². The first kappa shape index (κ1) is 14.7. The van der Waals surface area contributed by atoms with Crippen LogP contribution in [0.5, 0.6) is 0 Å². The number of nitrogen functional groups attached to an aromatic ring is 1. The van der Waals surface area contributed by atoms with Crippen LogP contribution in [0.15, 0.2) is 21.6 Å². The Hall–Kier alpha value is -0.660. The summed E-state index contributed by atoms with van der Waals surface area (Å²) >= 11 is 3.21. The number of nitrogens with two attached hydrogens (primary N) is 1. The van der Waals surface area contributed by atoms with Gasteiger partial charge in [-0.2, -0.15) is 0 Å². The topological polar surface area (TPSA) is 85.1 Å². The van der Waals surface area contributed by atoms with Crippen LogP contribution in [0, 0.1) is 5.41 Å². The van der Waals surface area contributed by atoms with Crippen molar-refractivity contribution in [1.82, 2.24) is 9.71 Å². The van der Waals surface area contributed by atoms with Gasteiger partial charge in [0.15, 0.2) is 0 Å². The van der Waals surface area contributed by atoms with Gasteiger partial charge in [-0.3, -0.25) is 0 Å². The van der Waals surface area contributed by atoms with Crippen molar-refractivity contribution < 1.29 is 8.42 Å². The highest BCUT2D eigenvalue weighted by atomic mass is 79.9. The minimum atomic E-state index is -3.61. The number of hydrogen-bond donors (Lipinski definition) is 2. The van der Waals surface area contributed by atoms with Gasteiger partial charge in [-0.1, -0.05) is 13.8 Å². The van der Waals surface area contributed by atoms with Crippen molar-refractivity contribution in [3.8, 4) is 0 Å². The predicted octanol–water partition coefficient (Wildman–Crippen LogP) is 2.28. The Labute approximate surface area is 122 Å². The Kier molecular flexibility index (Phi) is 3.90. The van der Waals surface area contributed by atoms with Gasteiger partial charge in [-0.15, -0.1) is 0 Å². The summed E-state index contributed by atoms with van der Waals surface area (Å²) in [4.78, 5) is 3.89. The number of rotatable bonds is 3. The van der Waals surface area contributed by atoms with Crippen LogP contribution in [0.4, 0.5) is 5.82 Å². The number of nitrogens with one attached hydrogen (secondary N) is 1. The summed E-state index contributed by atoms with van der Waals surface area (Å²) in [6.07, 6.45) is 4.20. The molecule has 1 aromatic heterocycles. The maximum atomic E-state index is 12.3. The molecule has 0 amide bonds. The van der Waals surface area contributed by atoms with Crippen LogP contribution in [0.25, 0.3) is 0 Å². The second-order valence-corrected chi connectivity index (χ2v) is 8.36. The summed E-state index contributed by atoms with van der Waals surface area (Å²) in [5.41, 5.74) is 5.84. The van der Waals surface area contributed by atoms with Crippen LogP contribution >= 0.6 is 15.9 Å². The highest BCUT2D eigenvalue weighted by Gasteiger charge is 2.34. The number of anilines is 1. The van der Waals surface area contributed by atoms with Gasteiger partial charge in [0, 0.05) is 16.7 Å². The van der Waals surface area contributed by atoms with E-state index in [1.807, 2.05) is 0 Å². The van der Waals surface area contributed by atoms with Gasteiger partial charge in [0.1, 0.15) is 10.7 Å². The Morgan fingerprint density at radius 3 is 2.79 bits per heavy atom. The van der Waals surface area contributed by atoms with Gasteiger partial charge < -0.3 is 5.73 Å². The summed E-state index contributed by atoms with van der Waals surface area (Å²) in [5.74, 6) is 0.0213. The average Bonchev–Trinajstić information content (AvgIpc) is 2.60. The molecule has 2 rings (SSSR count). The van der Waals surface area contributed by atoms with Crippen molar-refractivity contribution in [2.75, 3.05) is 5.73 Å². The minimum absolute atomic E-state index is 0.0213. The molecule has 5 nitrogen and oxygen atoms in total. The van der Waals surface area contributed by atoms with Gasteiger partial charge in [0.25, 0.3) is 0 Å². The van der Waals surface area contributed by atoms with Crippen molar-refractivity contribution in [2.45, 2.75) is 44.0 Å². The van der Waals surface area contributed by atoms with Crippen molar-refractivity contribution in [3.63, 3.8) is 0 Å². The van der Waals surface area contributed by atoms with Crippen LogP contribution in [0.2, 0.25) is 0 Å². The molecule has 19 heavy (non-hydrogen) atoms. The monoisotopic (exact) mass is 347 g/mol. The Morgan fingerprint density at radius 2 is 2.21 bits per heavy atom. The zero-order chi connectivity index (χ0) is 14.3. The fourth-order valence-electron chi connectivity index (χ4n) is 2.47. The van der Waals surface area contributed by atoms with Crippen molar-refractivity contribution >= 4 is 31.8 Å². The van der Waals surface area contributed by atoms with E-state index in [-0.39, 0.29) is 22.2 Å². The predicted molar refractivity (Wildman–Crippen MR) is 78.1 cm³/mol. The van der Waals surface area contributed by atoms with E-state index < -0.39 is 10.0 Å². The van der Waals surface area contributed by atoms with Crippen LogP contribution in [-0.4, -0.2) is 19.4 Å². The van der Waals surface area contributed by atoms with E-state index in [2.05, 4.69) is 39.5 Å². The third-order valence-electron chi connectivity index (χ3n) is 3.43. The van der Waals surface area contributed by atoms with Crippen LogP contribution in [0.3, 0.4) is 0 Å². The number of aromatic nitrogens is 1. The fourth-order valence-corrected chi connectivity index (χ4v) is 4.33. The van der Waals surface area contributed by atoms with E-state index in [1.54, 1.807) is 0 Å². The van der Waals surface area contributed by atoms with Gasteiger partial charge >= 0.3 is 0 Å². The molecule has 7 heteroatoms. The zero-order valence-corrected chi connectivity index (χ0v) is 13.4. The van der Waals surface area contributed by atoms with E-state index in [4.69, 9.17) is 5.73 Å². The molecule has 0 saturated heterocycles. The standard InChI is InChI=1S/C12H18BrN3O2S/c1-12(2)4-3-9(6-12)16-19(17,18)10-5-8(13)7-15-11(10)14/h5,7,9,16H,3-4,6H2,1-2H3,(H2,14,15). The zero-order valence-electron chi connectivity index (χ0n) is 11.0. The van der Waals surface area contributed by atoms with Crippen molar-refractivity contribution in [3.05, 3.63) is 16.7 Å². The second-order valence-electron chi connectivity index (χ2n) is 5.76. The molecule has 1 aliphatic rings. The highest BCUT2D eigenvalue weighted by Crippen LogP contribution is 2.37. The third-order valence-corrected chi connectivity index (χ3v) is 5.41. The lowest BCUT2D eigenvalue weighted by Crippen LogP contribution is -2.34. The second kappa shape index (κ2) is 5.03. The molecule has 0 aliphatic heterocycles. The molecule has 1 unspecified atom stereocenters. The SMILES string of the molecule is CC1(C)CCC(NS(=O)(=O)c2cc(Br)cnc2N)C1. The molecule has 106 valence electrons. The molecule has 3 N–H and O–H groups in total. The van der Waals surface area contributed by atoms with E-state index >= 15 is 0 Å². The summed E-state index contributed by atoms with van der Waals surface area (Å²) in [6.45, 7) is 4.30. The molecular formula is C12H18BrN3O2S. The van der Waals surface area contributed by atoms with Crippen LogP contribution in [-0.2, 0) is 10.0 Å². The lowest BCUT2D eigenvalue weighted by atomic mass is 9.92. The molecule has 1 saturated carbocycles. The first-order valence-corrected chi connectivity index (χ1v) is 8.41. The van der Waals surface area contributed by atoms with Crippen LogP contribution in [0.1, 0.15) is 33.1 Å². The normalized spacial score (nSPS) is 22.6. The Bertz CT molecular complexity index is 587. The summed E-state index contributed by atoms with van der Waals surface area (Å²) < 4.78 is 28.0. The highest BCUT2D eigenvalue weighted by molar-refractivity contribution is 9.10. The first-order valence-electron chi connectivity index (χ1n) is 6.13. The van der Waals surface area contributed by atoms with Gasteiger partial charge in [0.2, 0.25) is 10.0 Å². The lowest BCUT2D eigenvalue weighted by Gasteiger charge is -2.18. The smallest absolute Gasteiger partial charge is 0.244 e. The lowest BCUT2D eigenvalue weighted by molar-refractivity contribution is 0.372. The average molecular weight is 348 g/mol. The van der Waals surface area contributed by atoms with E-state index in [0.717, 1.165) is 19.3 Å². The molecular weight excluding hydrogens is 330 g/mol. The van der Waals surface area contributed by atoms with E-state index in [1.165, 1.54) is 12.3 Å². The Balaban J connectivity index is 2.22. The molecule has 1 aliphatic carbocycles. The first-order chi connectivity index (χ1) is 8.70. The number of sulfonamides is 1. The molecule has 1 atom stereocenters. The molecule has 1 aromatic rings. The Morgan fingerprint density at radius 1 is 1.53 bits per heavy atom. The van der Waals surface area contributed by atoms with Crippen molar-refractivity contribution in [1.29, 1.82) is 0 Å². The number of halogens is 1. The summed E-state index contributed by atoms with van der Waals surface area (Å²) in [5, 5.41) is 0. The molecule has 0 bridgehead atoms. The van der Waals surface area contributed by atoms with Gasteiger partial charge in [-0.05, 0) is 46.7 Å². The molecule has 0 spiro atoms. The minimum Gasteiger partial charge on any atom is -0.383 e. The molecule has 0 radical (unpaired) electrons. The van der Waals surface area contributed by atoms with Crippen molar-refractivity contribution in [2.24, 2.45) is 5.41 Å². The maximum Gasteiger partial charge on any atom is 0.244 e. The molecule has 0 aromatic carbocycles. The van der Waals surface area contributed by atoms with E-state index in [0.29, 0.717) is 4.47 Å². The van der Waals surface area contributed by atoms with E-state index in [9.17, 15) is 8.42 Å². The maximum absolute atomic E-state index is 12.3. The summed E-state index contributed by atoms with van der Waals surface area (Å²) in [7, 11) is -3.61. The van der Waals surface area contributed by atoms with Crippen LogP contribution < -0.4 is 10.5 Å².